The van der Waals surface area contributed by atoms with Crippen LogP contribution in [0.3, 0.4) is 0 Å². The molecule has 0 aliphatic heterocycles. The van der Waals surface area contributed by atoms with Crippen LogP contribution in [-0.2, 0) is 0 Å². The number of alkyl halides is 2. The van der Waals surface area contributed by atoms with Gasteiger partial charge in [0, 0.05) is 0 Å². The second-order valence-corrected chi connectivity index (χ2v) is 2.23. The van der Waals surface area contributed by atoms with Gasteiger partial charge in [0.15, 0.2) is 5.92 Å². The molecule has 8 heavy (non-hydrogen) atoms. The van der Waals surface area contributed by atoms with E-state index in [-0.39, 0.29) is 0 Å². The van der Waals surface area contributed by atoms with Crippen molar-refractivity contribution in [1.82, 2.24) is 0 Å². The third-order valence-corrected chi connectivity index (χ3v) is 1.03. The summed E-state index contributed by atoms with van der Waals surface area (Å²) in [5.74, 6) is -0.904. The number of hydrogen-bond acceptors (Lipinski definition) is 2. The summed E-state index contributed by atoms with van der Waals surface area (Å²) in [6.07, 6.45) is 0. The molecule has 0 atom stereocenters. The molecule has 0 bridgehead atoms. The summed E-state index contributed by atoms with van der Waals surface area (Å²) in [6.45, 7) is 0. The van der Waals surface area contributed by atoms with Crippen molar-refractivity contribution in [3.05, 3.63) is 0 Å². The molecule has 0 spiro atoms. The molecule has 0 unspecified atom stereocenters. The smallest absolute Gasteiger partial charge is 0.163 e. The molecule has 42 valence electrons. The van der Waals surface area contributed by atoms with Crippen LogP contribution in [0.25, 0.3) is 0 Å². The van der Waals surface area contributed by atoms with Crippen LogP contribution in [0, 0.1) is 28.6 Å². The van der Waals surface area contributed by atoms with E-state index < -0.39 is 10.8 Å². The molecular weight excluding hydrogens is 147 g/mol. The maximum Gasteiger partial charge on any atom is 0.163 e. The molecule has 4 heteroatoms. The van der Waals surface area contributed by atoms with Crippen LogP contribution in [0.4, 0.5) is 0 Å². The van der Waals surface area contributed by atoms with Crippen molar-refractivity contribution in [2.45, 2.75) is 4.84 Å². The van der Waals surface area contributed by atoms with Crippen LogP contribution >= 0.6 is 23.2 Å². The molecule has 0 N–H and O–H groups in total. The lowest BCUT2D eigenvalue weighted by molar-refractivity contribution is 0.930. The lowest BCUT2D eigenvalue weighted by Gasteiger charge is -1.94. The number of halogens is 2. The standard InChI is InChI=1S/C4H2Cl2N2/c5-4(6)3(1-7)2-8/h3-4H. The Balaban J connectivity index is 3.81. The van der Waals surface area contributed by atoms with Gasteiger partial charge in [0.2, 0.25) is 0 Å². The van der Waals surface area contributed by atoms with Crippen molar-refractivity contribution >= 4 is 23.2 Å². The van der Waals surface area contributed by atoms with Crippen LogP contribution in [0.2, 0.25) is 0 Å². The zero-order chi connectivity index (χ0) is 6.57. The number of nitriles is 2. The van der Waals surface area contributed by atoms with E-state index in [1.165, 1.54) is 0 Å². The summed E-state index contributed by atoms with van der Waals surface area (Å²) < 4.78 is 0. The van der Waals surface area contributed by atoms with Crippen molar-refractivity contribution in [2.75, 3.05) is 0 Å². The van der Waals surface area contributed by atoms with E-state index >= 15 is 0 Å². The van der Waals surface area contributed by atoms with E-state index in [1.807, 2.05) is 0 Å². The minimum atomic E-state index is -0.904. The summed E-state index contributed by atoms with van der Waals surface area (Å²) in [5, 5.41) is 16.1. The van der Waals surface area contributed by atoms with Gasteiger partial charge in [0.1, 0.15) is 4.84 Å². The van der Waals surface area contributed by atoms with Crippen molar-refractivity contribution in [3.8, 4) is 12.1 Å². The third-order valence-electron chi connectivity index (χ3n) is 0.530. The minimum absolute atomic E-state index is 0.898. The number of hydrogen-bond donors (Lipinski definition) is 0. The molecule has 2 nitrogen and oxygen atoms in total. The van der Waals surface area contributed by atoms with Crippen LogP contribution in [-0.4, -0.2) is 4.84 Å². The van der Waals surface area contributed by atoms with Gasteiger partial charge in [0.05, 0.1) is 12.1 Å². The summed E-state index contributed by atoms with van der Waals surface area (Å²) in [4.78, 5) is -0.898. The highest BCUT2D eigenvalue weighted by Crippen LogP contribution is 2.12. The second-order valence-electron chi connectivity index (χ2n) is 1.07. The zero-order valence-corrected chi connectivity index (χ0v) is 5.32. The Labute approximate surface area is 57.2 Å². The number of nitrogens with zero attached hydrogens (tertiary/aromatic N) is 2. The summed E-state index contributed by atoms with van der Waals surface area (Å²) in [5.41, 5.74) is 0. The molecule has 0 fully saturated rings. The molecule has 0 saturated carbocycles. The van der Waals surface area contributed by atoms with Crippen LogP contribution in [0.15, 0.2) is 0 Å². The molecule has 0 aliphatic rings. The molecular formula is C4H2Cl2N2. The Morgan fingerprint density at radius 1 is 1.12 bits per heavy atom. The normalized spacial score (nSPS) is 8.75. The molecule has 0 amide bonds. The van der Waals surface area contributed by atoms with Gasteiger partial charge in [-0.2, -0.15) is 10.5 Å². The summed E-state index contributed by atoms with van der Waals surface area (Å²) in [6, 6.07) is 3.25. The van der Waals surface area contributed by atoms with Gasteiger partial charge in [-0.05, 0) is 0 Å². The van der Waals surface area contributed by atoms with Crippen molar-refractivity contribution in [3.63, 3.8) is 0 Å². The monoisotopic (exact) mass is 148 g/mol. The Hall–Kier alpha value is -0.440. The van der Waals surface area contributed by atoms with E-state index in [9.17, 15) is 0 Å². The number of rotatable bonds is 1. The highest BCUT2D eigenvalue weighted by molar-refractivity contribution is 6.44. The molecule has 0 rings (SSSR count). The Morgan fingerprint density at radius 2 is 1.50 bits per heavy atom. The SMILES string of the molecule is N#CC(C#N)C(Cl)Cl. The molecule has 0 radical (unpaired) electrons. The van der Waals surface area contributed by atoms with Gasteiger partial charge in [-0.15, -0.1) is 23.2 Å². The van der Waals surface area contributed by atoms with E-state index in [1.54, 1.807) is 12.1 Å². The van der Waals surface area contributed by atoms with Crippen molar-refractivity contribution in [2.24, 2.45) is 5.92 Å². The first-order valence-corrected chi connectivity index (χ1v) is 2.67. The average molecular weight is 149 g/mol. The highest BCUT2D eigenvalue weighted by atomic mass is 35.5. The van der Waals surface area contributed by atoms with Crippen LogP contribution < -0.4 is 0 Å². The quantitative estimate of drug-likeness (QED) is 0.529. The largest absolute Gasteiger partial charge is 0.197 e. The van der Waals surface area contributed by atoms with Gasteiger partial charge in [-0.3, -0.25) is 0 Å². The molecule has 0 heterocycles. The lowest BCUT2D eigenvalue weighted by atomic mass is 10.2. The first-order valence-electron chi connectivity index (χ1n) is 1.79. The molecule has 0 aliphatic carbocycles. The highest BCUT2D eigenvalue weighted by Gasteiger charge is 2.13. The topological polar surface area (TPSA) is 47.6 Å². The molecule has 0 aromatic heterocycles. The third kappa shape index (κ3) is 2.02. The van der Waals surface area contributed by atoms with Crippen molar-refractivity contribution < 1.29 is 0 Å². The maximum absolute atomic E-state index is 8.06. The Kier molecular flexibility index (Phi) is 3.35. The maximum atomic E-state index is 8.06. The van der Waals surface area contributed by atoms with Crippen molar-refractivity contribution in [1.29, 1.82) is 10.5 Å². The van der Waals surface area contributed by atoms with E-state index in [2.05, 4.69) is 0 Å². The predicted octanol–water partition coefficient (Wildman–Crippen LogP) is 1.45. The molecule has 0 saturated heterocycles. The van der Waals surface area contributed by atoms with Gasteiger partial charge >= 0.3 is 0 Å². The fourth-order valence-electron chi connectivity index (χ4n) is 0.142. The summed E-state index contributed by atoms with van der Waals surface area (Å²) >= 11 is 10.3. The van der Waals surface area contributed by atoms with Gasteiger partial charge in [-0.25, -0.2) is 0 Å². The Bertz CT molecular complexity index is 127. The average Bonchev–Trinajstić information content (AvgIpc) is 1.69. The van der Waals surface area contributed by atoms with E-state index in [0.717, 1.165) is 0 Å². The predicted molar refractivity (Wildman–Crippen MR) is 30.2 cm³/mol. The summed E-state index contributed by atoms with van der Waals surface area (Å²) in [7, 11) is 0. The second kappa shape index (κ2) is 3.55. The van der Waals surface area contributed by atoms with Crippen LogP contribution in [0.5, 0.6) is 0 Å². The van der Waals surface area contributed by atoms with Gasteiger partial charge in [-0.1, -0.05) is 0 Å². The Morgan fingerprint density at radius 3 is 1.50 bits per heavy atom. The minimum Gasteiger partial charge on any atom is -0.197 e. The van der Waals surface area contributed by atoms with Gasteiger partial charge in [0.25, 0.3) is 0 Å². The van der Waals surface area contributed by atoms with E-state index in [0.29, 0.717) is 0 Å². The molecule has 0 aromatic carbocycles. The molecule has 0 aromatic rings. The van der Waals surface area contributed by atoms with E-state index in [4.69, 9.17) is 33.7 Å². The first-order chi connectivity index (χ1) is 3.72. The lowest BCUT2D eigenvalue weighted by Crippen LogP contribution is -2.01. The van der Waals surface area contributed by atoms with Crippen LogP contribution in [0.1, 0.15) is 0 Å². The fraction of sp³-hybridized carbons (Fsp3) is 0.500. The first kappa shape index (κ1) is 7.56. The zero-order valence-electron chi connectivity index (χ0n) is 3.81. The fourth-order valence-corrected chi connectivity index (χ4v) is 0.367. The van der Waals surface area contributed by atoms with Gasteiger partial charge < -0.3 is 0 Å².